The van der Waals surface area contributed by atoms with Gasteiger partial charge in [0, 0.05) is 24.3 Å². The van der Waals surface area contributed by atoms with E-state index in [0.29, 0.717) is 43.3 Å². The highest BCUT2D eigenvalue weighted by Gasteiger charge is 2.19. The Labute approximate surface area is 182 Å². The minimum atomic E-state index is -0.300. The van der Waals surface area contributed by atoms with Crippen molar-refractivity contribution < 1.29 is 19.1 Å². The van der Waals surface area contributed by atoms with E-state index < -0.39 is 0 Å². The van der Waals surface area contributed by atoms with Gasteiger partial charge < -0.3 is 19.7 Å². The number of benzene rings is 3. The largest absolute Gasteiger partial charge is 0.483 e. The number of halogens is 1. The molecule has 0 atom stereocenters. The molecule has 3 aromatic carbocycles. The van der Waals surface area contributed by atoms with Crippen molar-refractivity contribution >= 4 is 44.2 Å². The SMILES string of the molecule is O=C(COc1ccc2ccccc2c1Br)Nc1cccc(C(=O)N2CCOCC2)c1. The van der Waals surface area contributed by atoms with Gasteiger partial charge in [-0.3, -0.25) is 9.59 Å². The molecule has 4 rings (SSSR count). The van der Waals surface area contributed by atoms with Crippen LogP contribution in [-0.4, -0.2) is 49.6 Å². The van der Waals surface area contributed by atoms with Crippen LogP contribution in [0.15, 0.2) is 65.1 Å². The van der Waals surface area contributed by atoms with Crippen molar-refractivity contribution in [1.29, 1.82) is 0 Å². The lowest BCUT2D eigenvalue weighted by atomic mass is 10.1. The molecular formula is C23H21BrN2O4. The highest BCUT2D eigenvalue weighted by Crippen LogP contribution is 2.33. The number of anilines is 1. The van der Waals surface area contributed by atoms with Gasteiger partial charge in [-0.1, -0.05) is 36.4 Å². The first-order valence-corrected chi connectivity index (χ1v) is 10.5. The molecule has 154 valence electrons. The molecular weight excluding hydrogens is 448 g/mol. The highest BCUT2D eigenvalue weighted by molar-refractivity contribution is 9.10. The third-order valence-corrected chi connectivity index (χ3v) is 5.70. The van der Waals surface area contributed by atoms with Crippen molar-refractivity contribution in [1.82, 2.24) is 4.90 Å². The first kappa shape index (κ1) is 20.4. The van der Waals surface area contributed by atoms with E-state index >= 15 is 0 Å². The zero-order chi connectivity index (χ0) is 20.9. The number of nitrogens with zero attached hydrogens (tertiary/aromatic N) is 1. The number of hydrogen-bond acceptors (Lipinski definition) is 4. The molecule has 7 heteroatoms. The maximum Gasteiger partial charge on any atom is 0.262 e. The number of amides is 2. The van der Waals surface area contributed by atoms with E-state index in [0.717, 1.165) is 15.2 Å². The van der Waals surface area contributed by atoms with Crippen molar-refractivity contribution in [3.63, 3.8) is 0 Å². The van der Waals surface area contributed by atoms with Crippen LogP contribution >= 0.6 is 15.9 Å². The van der Waals surface area contributed by atoms with Crippen LogP contribution in [-0.2, 0) is 9.53 Å². The molecule has 0 aliphatic carbocycles. The molecule has 1 aliphatic rings. The summed E-state index contributed by atoms with van der Waals surface area (Å²) in [6, 6.07) is 18.7. The van der Waals surface area contributed by atoms with Crippen molar-refractivity contribution in [2.45, 2.75) is 0 Å². The maximum atomic E-state index is 12.6. The molecule has 0 spiro atoms. The summed E-state index contributed by atoms with van der Waals surface area (Å²) in [5, 5.41) is 4.90. The number of nitrogens with one attached hydrogen (secondary N) is 1. The molecule has 2 amide bonds. The Morgan fingerprint density at radius 3 is 2.67 bits per heavy atom. The first-order chi connectivity index (χ1) is 14.6. The second-order valence-electron chi connectivity index (χ2n) is 6.92. The molecule has 6 nitrogen and oxygen atoms in total. The molecule has 0 radical (unpaired) electrons. The van der Waals surface area contributed by atoms with Crippen LogP contribution < -0.4 is 10.1 Å². The third-order valence-electron chi connectivity index (χ3n) is 4.88. The predicted octanol–water partition coefficient (Wildman–Crippen LogP) is 4.09. The van der Waals surface area contributed by atoms with Gasteiger partial charge in [-0.25, -0.2) is 0 Å². The Morgan fingerprint density at radius 1 is 1.03 bits per heavy atom. The Balaban J connectivity index is 1.38. The highest BCUT2D eigenvalue weighted by atomic mass is 79.9. The van der Waals surface area contributed by atoms with E-state index in [-0.39, 0.29) is 18.4 Å². The van der Waals surface area contributed by atoms with E-state index in [1.807, 2.05) is 36.4 Å². The molecule has 3 aromatic rings. The van der Waals surface area contributed by atoms with Crippen molar-refractivity contribution in [3.05, 3.63) is 70.7 Å². The minimum Gasteiger partial charge on any atom is -0.483 e. The predicted molar refractivity (Wildman–Crippen MR) is 119 cm³/mol. The molecule has 1 heterocycles. The number of rotatable bonds is 5. The Bertz CT molecular complexity index is 1080. The summed E-state index contributed by atoms with van der Waals surface area (Å²) in [6.07, 6.45) is 0. The smallest absolute Gasteiger partial charge is 0.262 e. The minimum absolute atomic E-state index is 0.0641. The summed E-state index contributed by atoms with van der Waals surface area (Å²) in [6.45, 7) is 2.10. The lowest BCUT2D eigenvalue weighted by molar-refractivity contribution is -0.118. The number of morpholine rings is 1. The molecule has 0 aromatic heterocycles. The van der Waals surface area contributed by atoms with Gasteiger partial charge in [-0.15, -0.1) is 0 Å². The number of carbonyl (C=O) groups excluding carboxylic acids is 2. The standard InChI is InChI=1S/C23H21BrN2O4/c24-22-19-7-2-1-4-16(19)8-9-20(22)30-15-21(27)25-18-6-3-5-17(14-18)23(28)26-10-12-29-13-11-26/h1-9,14H,10-13,15H2,(H,25,27). The van der Waals surface area contributed by atoms with Crippen molar-refractivity contribution in [3.8, 4) is 5.75 Å². The fourth-order valence-electron chi connectivity index (χ4n) is 3.34. The van der Waals surface area contributed by atoms with E-state index in [1.165, 1.54) is 0 Å². The van der Waals surface area contributed by atoms with Gasteiger partial charge >= 0.3 is 0 Å². The van der Waals surface area contributed by atoms with Crippen LogP contribution in [0.3, 0.4) is 0 Å². The van der Waals surface area contributed by atoms with Crippen LogP contribution in [0.2, 0.25) is 0 Å². The van der Waals surface area contributed by atoms with Crippen molar-refractivity contribution in [2.75, 3.05) is 38.2 Å². The zero-order valence-corrected chi connectivity index (χ0v) is 17.9. The second-order valence-corrected chi connectivity index (χ2v) is 7.71. The first-order valence-electron chi connectivity index (χ1n) is 9.69. The molecule has 1 fully saturated rings. The Morgan fingerprint density at radius 2 is 1.83 bits per heavy atom. The normalized spacial score (nSPS) is 13.8. The van der Waals surface area contributed by atoms with E-state index in [9.17, 15) is 9.59 Å². The van der Waals surface area contributed by atoms with Crippen molar-refractivity contribution in [2.24, 2.45) is 0 Å². The third kappa shape index (κ3) is 4.63. The molecule has 1 N–H and O–H groups in total. The molecule has 1 saturated heterocycles. The molecule has 0 saturated carbocycles. The van der Waals surface area contributed by atoms with Crippen LogP contribution in [0.5, 0.6) is 5.75 Å². The molecule has 0 bridgehead atoms. The van der Waals surface area contributed by atoms with E-state index in [2.05, 4.69) is 21.2 Å². The fraction of sp³-hybridized carbons (Fsp3) is 0.217. The van der Waals surface area contributed by atoms with Crippen LogP contribution in [0.4, 0.5) is 5.69 Å². The van der Waals surface area contributed by atoms with Gasteiger partial charge in [0.05, 0.1) is 17.7 Å². The van der Waals surface area contributed by atoms with Gasteiger partial charge in [0.25, 0.3) is 11.8 Å². The number of hydrogen-bond donors (Lipinski definition) is 1. The van der Waals surface area contributed by atoms with Gasteiger partial charge in [-0.05, 0) is 51.0 Å². The zero-order valence-electron chi connectivity index (χ0n) is 16.3. The number of ether oxygens (including phenoxy) is 2. The fourth-order valence-corrected chi connectivity index (χ4v) is 3.95. The van der Waals surface area contributed by atoms with Crippen LogP contribution in [0.25, 0.3) is 10.8 Å². The Kier molecular flexibility index (Phi) is 6.30. The van der Waals surface area contributed by atoms with Gasteiger partial charge in [0.1, 0.15) is 5.75 Å². The van der Waals surface area contributed by atoms with Crippen LogP contribution in [0.1, 0.15) is 10.4 Å². The summed E-state index contributed by atoms with van der Waals surface area (Å²) >= 11 is 3.55. The summed E-state index contributed by atoms with van der Waals surface area (Å²) in [5.41, 5.74) is 1.09. The Hall–Kier alpha value is -2.90. The van der Waals surface area contributed by atoms with Crippen LogP contribution in [0, 0.1) is 0 Å². The lowest BCUT2D eigenvalue weighted by Gasteiger charge is -2.27. The number of fused-ring (bicyclic) bond motifs is 1. The topological polar surface area (TPSA) is 67.9 Å². The summed E-state index contributed by atoms with van der Waals surface area (Å²) in [4.78, 5) is 26.8. The summed E-state index contributed by atoms with van der Waals surface area (Å²) in [5.74, 6) is 0.233. The maximum absolute atomic E-state index is 12.6. The average molecular weight is 469 g/mol. The second kappa shape index (κ2) is 9.28. The quantitative estimate of drug-likeness (QED) is 0.612. The van der Waals surface area contributed by atoms with E-state index in [4.69, 9.17) is 9.47 Å². The van der Waals surface area contributed by atoms with E-state index in [1.54, 1.807) is 29.2 Å². The summed E-state index contributed by atoms with van der Waals surface area (Å²) < 4.78 is 11.8. The number of carbonyl (C=O) groups is 2. The summed E-state index contributed by atoms with van der Waals surface area (Å²) in [7, 11) is 0. The molecule has 30 heavy (non-hydrogen) atoms. The average Bonchev–Trinajstić information content (AvgIpc) is 2.79. The van der Waals surface area contributed by atoms with Gasteiger partial charge in [-0.2, -0.15) is 0 Å². The molecule has 1 aliphatic heterocycles. The van der Waals surface area contributed by atoms with Gasteiger partial charge in [0.15, 0.2) is 6.61 Å². The lowest BCUT2D eigenvalue weighted by Crippen LogP contribution is -2.40. The monoisotopic (exact) mass is 468 g/mol. The molecule has 0 unspecified atom stereocenters. The van der Waals surface area contributed by atoms with Gasteiger partial charge in [0.2, 0.25) is 0 Å².